The van der Waals surface area contributed by atoms with Crippen LogP contribution in [0.25, 0.3) is 0 Å². The first-order valence-electron chi connectivity index (χ1n) is 6.37. The molecule has 96 valence electrons. The highest BCUT2D eigenvalue weighted by Gasteiger charge is 2.11. The summed E-state index contributed by atoms with van der Waals surface area (Å²) in [4.78, 5) is 0. The van der Waals surface area contributed by atoms with E-state index in [4.69, 9.17) is 0 Å². The summed E-state index contributed by atoms with van der Waals surface area (Å²) in [6.45, 7) is 6.79. The van der Waals surface area contributed by atoms with Crippen LogP contribution in [0.5, 0.6) is 0 Å². The van der Waals surface area contributed by atoms with Crippen LogP contribution in [0.15, 0.2) is 42.5 Å². The van der Waals surface area contributed by atoms with Gasteiger partial charge in [0.05, 0.1) is 0 Å². The van der Waals surface area contributed by atoms with Gasteiger partial charge in [-0.25, -0.2) is 0 Å². The van der Waals surface area contributed by atoms with Gasteiger partial charge in [-0.05, 0) is 38.0 Å². The first kappa shape index (κ1) is 16.2. The molecule has 0 saturated carbocycles. The number of halogens is 1. The average molecular weight is 253 g/mol. The van der Waals surface area contributed by atoms with Crippen LogP contribution in [0.3, 0.4) is 0 Å². The fourth-order valence-electron chi connectivity index (χ4n) is 1.84. The number of rotatable bonds is 0. The van der Waals surface area contributed by atoms with E-state index in [1.807, 2.05) is 18.2 Å². The molecule has 0 radical (unpaired) electrons. The number of aryl methyl sites for hydroxylation is 1. The molecule has 2 rings (SSSR count). The van der Waals surface area contributed by atoms with Crippen molar-refractivity contribution in [1.82, 2.24) is 0 Å². The molecule has 0 aliphatic heterocycles. The molecule has 0 bridgehead atoms. The van der Waals surface area contributed by atoms with Crippen molar-refractivity contribution in [2.45, 2.75) is 40.0 Å². The van der Waals surface area contributed by atoms with Gasteiger partial charge in [0.2, 0.25) is 0 Å². The number of hydrogen-bond acceptors (Lipinski definition) is 0. The second kappa shape index (κ2) is 9.30. The standard InChI is InChI=1S/C9H16.C7H8.ClH/c1-8-6-4-3-5-7-9(8)2;1-7-5-3-2-4-6-7;/h3-4,8-9H,5-7H2,1-2H3;2-6H,1H3;1H. The number of benzene rings is 1. The molecule has 0 amide bonds. The maximum absolute atomic E-state index is 2.36. The van der Waals surface area contributed by atoms with E-state index in [-0.39, 0.29) is 12.4 Å². The third kappa shape index (κ3) is 7.23. The third-order valence-electron chi connectivity index (χ3n) is 3.38. The van der Waals surface area contributed by atoms with Crippen molar-refractivity contribution in [2.75, 3.05) is 0 Å². The summed E-state index contributed by atoms with van der Waals surface area (Å²) in [5.74, 6) is 1.84. The van der Waals surface area contributed by atoms with Crippen molar-refractivity contribution in [3.63, 3.8) is 0 Å². The normalized spacial score (nSPS) is 22.8. The molecule has 1 aliphatic carbocycles. The largest absolute Gasteiger partial charge is 0.147 e. The third-order valence-corrected chi connectivity index (χ3v) is 3.38. The Labute approximate surface area is 113 Å². The molecule has 1 heteroatoms. The summed E-state index contributed by atoms with van der Waals surface area (Å²) in [6, 6.07) is 10.3. The van der Waals surface area contributed by atoms with Crippen molar-refractivity contribution in [2.24, 2.45) is 11.8 Å². The summed E-state index contributed by atoms with van der Waals surface area (Å²) in [5.41, 5.74) is 1.32. The van der Waals surface area contributed by atoms with Crippen molar-refractivity contribution >= 4 is 12.4 Å². The van der Waals surface area contributed by atoms with Crippen LogP contribution in [0.2, 0.25) is 0 Å². The second-order valence-corrected chi connectivity index (χ2v) is 4.89. The van der Waals surface area contributed by atoms with Crippen LogP contribution in [0.4, 0.5) is 0 Å². The SMILES string of the molecule is CC1CC=CCCC1C.Cc1ccccc1.Cl. The van der Waals surface area contributed by atoms with E-state index >= 15 is 0 Å². The van der Waals surface area contributed by atoms with Gasteiger partial charge in [0.25, 0.3) is 0 Å². The molecule has 1 aromatic carbocycles. The topological polar surface area (TPSA) is 0 Å². The van der Waals surface area contributed by atoms with Gasteiger partial charge in [-0.1, -0.05) is 61.9 Å². The Kier molecular flexibility index (Phi) is 8.89. The molecule has 0 heterocycles. The molecule has 0 fully saturated rings. The van der Waals surface area contributed by atoms with E-state index < -0.39 is 0 Å². The van der Waals surface area contributed by atoms with Crippen LogP contribution < -0.4 is 0 Å². The molecule has 0 spiro atoms. The van der Waals surface area contributed by atoms with Gasteiger partial charge in [-0.3, -0.25) is 0 Å². The molecule has 0 N–H and O–H groups in total. The Hall–Kier alpha value is -0.750. The van der Waals surface area contributed by atoms with Crippen LogP contribution >= 0.6 is 12.4 Å². The van der Waals surface area contributed by atoms with Crippen molar-refractivity contribution in [3.05, 3.63) is 48.0 Å². The second-order valence-electron chi connectivity index (χ2n) is 4.89. The van der Waals surface area contributed by atoms with Gasteiger partial charge >= 0.3 is 0 Å². The first-order chi connectivity index (χ1) is 7.70. The first-order valence-corrected chi connectivity index (χ1v) is 6.37. The highest BCUT2D eigenvalue weighted by atomic mass is 35.5. The lowest BCUT2D eigenvalue weighted by Crippen LogP contribution is -2.04. The van der Waals surface area contributed by atoms with E-state index in [0.717, 1.165) is 11.8 Å². The van der Waals surface area contributed by atoms with Gasteiger partial charge in [-0.15, -0.1) is 12.4 Å². The fraction of sp³-hybridized carbons (Fsp3) is 0.500. The van der Waals surface area contributed by atoms with Crippen molar-refractivity contribution < 1.29 is 0 Å². The van der Waals surface area contributed by atoms with Crippen molar-refractivity contribution in [1.29, 1.82) is 0 Å². The monoisotopic (exact) mass is 252 g/mol. The Morgan fingerprint density at radius 2 is 1.59 bits per heavy atom. The molecular formula is C16H25Cl. The molecule has 1 aromatic rings. The Morgan fingerprint density at radius 1 is 0.941 bits per heavy atom. The van der Waals surface area contributed by atoms with E-state index in [9.17, 15) is 0 Å². The number of hydrogen-bond donors (Lipinski definition) is 0. The summed E-state index contributed by atoms with van der Waals surface area (Å²) in [5, 5.41) is 0. The van der Waals surface area contributed by atoms with Gasteiger partial charge in [0, 0.05) is 0 Å². The van der Waals surface area contributed by atoms with Crippen molar-refractivity contribution in [3.8, 4) is 0 Å². The minimum atomic E-state index is 0. The lowest BCUT2D eigenvalue weighted by atomic mass is 9.91. The summed E-state index contributed by atoms with van der Waals surface area (Å²) < 4.78 is 0. The molecule has 1 aliphatic rings. The zero-order chi connectivity index (χ0) is 11.8. The zero-order valence-corrected chi connectivity index (χ0v) is 12.0. The summed E-state index contributed by atoms with van der Waals surface area (Å²) in [7, 11) is 0. The Balaban J connectivity index is 0.000000292. The lowest BCUT2D eigenvalue weighted by Gasteiger charge is -2.14. The molecular weight excluding hydrogens is 228 g/mol. The molecule has 0 saturated heterocycles. The van der Waals surface area contributed by atoms with Gasteiger partial charge in [0.1, 0.15) is 0 Å². The molecule has 2 unspecified atom stereocenters. The maximum atomic E-state index is 2.36. The minimum Gasteiger partial charge on any atom is -0.147 e. The van der Waals surface area contributed by atoms with Crippen LogP contribution in [0.1, 0.15) is 38.7 Å². The van der Waals surface area contributed by atoms with E-state index in [2.05, 4.69) is 45.1 Å². The van der Waals surface area contributed by atoms with Gasteiger partial charge in [0.15, 0.2) is 0 Å². The lowest BCUT2D eigenvalue weighted by molar-refractivity contribution is 0.379. The van der Waals surface area contributed by atoms with E-state index in [1.165, 1.54) is 24.8 Å². The van der Waals surface area contributed by atoms with E-state index in [1.54, 1.807) is 0 Å². The highest BCUT2D eigenvalue weighted by Crippen LogP contribution is 2.23. The minimum absolute atomic E-state index is 0. The number of allylic oxidation sites excluding steroid dienone is 2. The predicted molar refractivity (Wildman–Crippen MR) is 79.7 cm³/mol. The van der Waals surface area contributed by atoms with Gasteiger partial charge in [-0.2, -0.15) is 0 Å². The van der Waals surface area contributed by atoms with Crippen LogP contribution in [0, 0.1) is 18.8 Å². The maximum Gasteiger partial charge on any atom is -0.0322 e. The Bertz CT molecular complexity index is 303. The molecule has 2 atom stereocenters. The fourth-order valence-corrected chi connectivity index (χ4v) is 1.84. The molecule has 0 aromatic heterocycles. The molecule has 17 heavy (non-hydrogen) atoms. The zero-order valence-electron chi connectivity index (χ0n) is 11.2. The smallest absolute Gasteiger partial charge is 0.0322 e. The summed E-state index contributed by atoms with van der Waals surface area (Å²) >= 11 is 0. The summed E-state index contributed by atoms with van der Waals surface area (Å²) in [6.07, 6.45) is 8.62. The van der Waals surface area contributed by atoms with Crippen LogP contribution in [-0.4, -0.2) is 0 Å². The molecule has 0 nitrogen and oxygen atoms in total. The highest BCUT2D eigenvalue weighted by molar-refractivity contribution is 5.85. The van der Waals surface area contributed by atoms with E-state index in [0.29, 0.717) is 0 Å². The van der Waals surface area contributed by atoms with Gasteiger partial charge < -0.3 is 0 Å². The van der Waals surface area contributed by atoms with Crippen LogP contribution in [-0.2, 0) is 0 Å². The Morgan fingerprint density at radius 3 is 2.12 bits per heavy atom. The quantitative estimate of drug-likeness (QED) is 0.541. The average Bonchev–Trinajstić information content (AvgIpc) is 2.47. The predicted octanol–water partition coefficient (Wildman–Crippen LogP) is 5.42.